The Labute approximate surface area is 184 Å². The molecule has 0 N–H and O–H groups in total. The highest BCUT2D eigenvalue weighted by Crippen LogP contribution is 2.64. The lowest BCUT2D eigenvalue weighted by molar-refractivity contribution is -0.122. The SMILES string of the molecule is CCOC(=O)N1CCC(=O)C[C@@H]1C/C=C/P1(=O)O[C@H](c2ccccc2)C(C)N1C(C)C. The third kappa shape index (κ3) is 5.28. The second-order valence-electron chi connectivity index (χ2n) is 8.37. The van der Waals surface area contributed by atoms with Crippen molar-refractivity contribution in [2.24, 2.45) is 0 Å². The van der Waals surface area contributed by atoms with Crippen molar-refractivity contribution in [3.8, 4) is 0 Å². The van der Waals surface area contributed by atoms with Gasteiger partial charge in [-0.15, -0.1) is 0 Å². The molecule has 7 nitrogen and oxygen atoms in total. The Bertz CT molecular complexity index is 857. The largest absolute Gasteiger partial charge is 0.450 e. The number of benzene rings is 1. The van der Waals surface area contributed by atoms with Gasteiger partial charge in [-0.2, -0.15) is 0 Å². The number of ether oxygens (including phenoxy) is 1. The van der Waals surface area contributed by atoms with E-state index in [0.717, 1.165) is 5.56 Å². The summed E-state index contributed by atoms with van der Waals surface area (Å²) in [5.41, 5.74) is 0.998. The van der Waals surface area contributed by atoms with Gasteiger partial charge in [0.2, 0.25) is 0 Å². The molecule has 4 atom stereocenters. The summed E-state index contributed by atoms with van der Waals surface area (Å²) >= 11 is 0. The number of hydrogen-bond donors (Lipinski definition) is 0. The van der Waals surface area contributed by atoms with Crippen molar-refractivity contribution >= 4 is 19.4 Å². The van der Waals surface area contributed by atoms with Crippen LogP contribution < -0.4 is 0 Å². The molecule has 2 fully saturated rings. The van der Waals surface area contributed by atoms with Crippen LogP contribution in [0, 0.1) is 0 Å². The summed E-state index contributed by atoms with van der Waals surface area (Å²) in [6, 6.07) is 9.53. The van der Waals surface area contributed by atoms with Gasteiger partial charge in [0.15, 0.2) is 0 Å². The van der Waals surface area contributed by atoms with E-state index >= 15 is 0 Å². The van der Waals surface area contributed by atoms with Crippen LogP contribution in [0.4, 0.5) is 4.79 Å². The van der Waals surface area contributed by atoms with Gasteiger partial charge in [-0.25, -0.2) is 9.46 Å². The number of ketones is 1. The fraction of sp³-hybridized carbons (Fsp3) is 0.565. The number of amides is 1. The van der Waals surface area contributed by atoms with Crippen LogP contribution in [0.5, 0.6) is 0 Å². The predicted octanol–water partition coefficient (Wildman–Crippen LogP) is 5.14. The number of nitrogens with zero attached hydrogens (tertiary/aromatic N) is 2. The molecule has 0 aromatic heterocycles. The molecule has 0 bridgehead atoms. The summed E-state index contributed by atoms with van der Waals surface area (Å²) in [5.74, 6) is 1.78. The molecule has 31 heavy (non-hydrogen) atoms. The predicted molar refractivity (Wildman–Crippen MR) is 120 cm³/mol. The molecule has 170 valence electrons. The molecule has 1 aromatic rings. The van der Waals surface area contributed by atoms with Gasteiger partial charge < -0.3 is 14.2 Å². The minimum Gasteiger partial charge on any atom is -0.450 e. The highest BCUT2D eigenvalue weighted by atomic mass is 31.2. The summed E-state index contributed by atoms with van der Waals surface area (Å²) < 4.78 is 27.1. The van der Waals surface area contributed by atoms with E-state index in [1.54, 1.807) is 23.7 Å². The second-order valence-corrected chi connectivity index (χ2v) is 10.5. The van der Waals surface area contributed by atoms with E-state index < -0.39 is 13.6 Å². The molecule has 0 spiro atoms. The van der Waals surface area contributed by atoms with Crippen molar-refractivity contribution in [1.29, 1.82) is 0 Å². The summed E-state index contributed by atoms with van der Waals surface area (Å²) in [6.07, 6.45) is 2.16. The van der Waals surface area contributed by atoms with E-state index in [1.165, 1.54) is 0 Å². The number of piperidine rings is 1. The maximum Gasteiger partial charge on any atom is 0.410 e. The standard InChI is InChI=1S/C23H33N2O5P/c1-5-29-23(27)24-14-13-21(26)16-20(24)12-9-15-31(28)25(17(2)3)18(4)22(30-31)19-10-7-6-8-11-19/h6-11,15,17-18,20,22H,5,12-14,16H2,1-4H3/b15-9+/t18?,20-,22-,31?/m0/s1. The number of likely N-dealkylation sites (tertiary alicyclic amines) is 1. The first kappa shape index (κ1) is 23.7. The van der Waals surface area contributed by atoms with Gasteiger partial charge in [0, 0.05) is 43.3 Å². The number of Topliss-reactive ketones (excluding diaryl/α,β-unsaturated/α-hetero) is 1. The molecule has 2 aliphatic heterocycles. The van der Waals surface area contributed by atoms with Gasteiger partial charge in [0.05, 0.1) is 6.61 Å². The summed E-state index contributed by atoms with van der Waals surface area (Å²) in [5, 5.41) is 0. The van der Waals surface area contributed by atoms with Gasteiger partial charge >= 0.3 is 6.09 Å². The first-order chi connectivity index (χ1) is 14.8. The first-order valence-electron chi connectivity index (χ1n) is 11.0. The van der Waals surface area contributed by atoms with Crippen LogP contribution in [0.25, 0.3) is 0 Å². The third-order valence-electron chi connectivity index (χ3n) is 5.84. The minimum atomic E-state index is -3.22. The Hall–Kier alpha value is -1.95. The number of carbonyl (C=O) groups is 2. The maximum absolute atomic E-state index is 13.8. The monoisotopic (exact) mass is 448 g/mol. The summed E-state index contributed by atoms with van der Waals surface area (Å²) in [6.45, 7) is 8.46. The Kier molecular flexibility index (Phi) is 7.73. The Morgan fingerprint density at radius 1 is 1.32 bits per heavy atom. The summed E-state index contributed by atoms with van der Waals surface area (Å²) in [4.78, 5) is 25.8. The zero-order valence-corrected chi connectivity index (χ0v) is 19.7. The van der Waals surface area contributed by atoms with E-state index in [2.05, 4.69) is 0 Å². The molecule has 0 radical (unpaired) electrons. The van der Waals surface area contributed by atoms with Crippen molar-refractivity contribution < 1.29 is 23.4 Å². The van der Waals surface area contributed by atoms with E-state index in [9.17, 15) is 14.2 Å². The van der Waals surface area contributed by atoms with Crippen molar-refractivity contribution in [3.63, 3.8) is 0 Å². The van der Waals surface area contributed by atoms with Gasteiger partial charge in [-0.05, 0) is 39.7 Å². The smallest absolute Gasteiger partial charge is 0.410 e. The van der Waals surface area contributed by atoms with E-state index in [1.807, 2.05) is 55.8 Å². The molecule has 2 saturated heterocycles. The molecule has 2 heterocycles. The van der Waals surface area contributed by atoms with Crippen molar-refractivity contribution in [2.45, 2.75) is 71.2 Å². The Balaban J connectivity index is 1.77. The molecule has 3 rings (SSSR count). The van der Waals surface area contributed by atoms with Gasteiger partial charge in [0.25, 0.3) is 7.52 Å². The molecule has 8 heteroatoms. The zero-order chi connectivity index (χ0) is 22.6. The fourth-order valence-electron chi connectivity index (χ4n) is 4.50. The highest BCUT2D eigenvalue weighted by Gasteiger charge is 2.48. The van der Waals surface area contributed by atoms with Crippen LogP contribution in [0.15, 0.2) is 42.2 Å². The van der Waals surface area contributed by atoms with Crippen LogP contribution in [0.3, 0.4) is 0 Å². The van der Waals surface area contributed by atoms with Crippen LogP contribution in [-0.4, -0.2) is 52.7 Å². The molecule has 1 amide bonds. The van der Waals surface area contributed by atoms with Gasteiger partial charge in [-0.3, -0.25) is 9.36 Å². The molecular weight excluding hydrogens is 415 g/mol. The first-order valence-corrected chi connectivity index (χ1v) is 12.7. The van der Waals surface area contributed by atoms with E-state index in [0.29, 0.717) is 19.4 Å². The third-order valence-corrected chi connectivity index (χ3v) is 8.43. The van der Waals surface area contributed by atoms with E-state index in [4.69, 9.17) is 9.26 Å². The summed E-state index contributed by atoms with van der Waals surface area (Å²) in [7, 11) is -3.22. The molecule has 1 aromatic carbocycles. The molecule has 2 unspecified atom stereocenters. The molecule has 2 aliphatic rings. The Morgan fingerprint density at radius 3 is 2.68 bits per heavy atom. The minimum absolute atomic E-state index is 0.0338. The zero-order valence-electron chi connectivity index (χ0n) is 18.8. The van der Waals surface area contributed by atoms with Crippen LogP contribution >= 0.6 is 7.52 Å². The van der Waals surface area contributed by atoms with Crippen molar-refractivity contribution in [1.82, 2.24) is 9.57 Å². The van der Waals surface area contributed by atoms with Crippen molar-refractivity contribution in [3.05, 3.63) is 47.8 Å². The molecule has 0 saturated carbocycles. The topological polar surface area (TPSA) is 76.1 Å². The highest BCUT2D eigenvalue weighted by molar-refractivity contribution is 7.60. The number of hydrogen-bond acceptors (Lipinski definition) is 5. The number of rotatable bonds is 6. The number of carbonyl (C=O) groups excluding carboxylic acids is 2. The quantitative estimate of drug-likeness (QED) is 0.561. The lowest BCUT2D eigenvalue weighted by Crippen LogP contribution is -2.46. The van der Waals surface area contributed by atoms with Gasteiger partial charge in [-0.1, -0.05) is 36.4 Å². The van der Waals surface area contributed by atoms with Gasteiger partial charge in [0.1, 0.15) is 11.9 Å². The lowest BCUT2D eigenvalue weighted by atomic mass is 9.99. The average molecular weight is 449 g/mol. The van der Waals surface area contributed by atoms with Crippen molar-refractivity contribution in [2.75, 3.05) is 13.2 Å². The van der Waals surface area contributed by atoms with E-state index in [-0.39, 0.29) is 43.0 Å². The van der Waals surface area contributed by atoms with Crippen LogP contribution in [-0.2, 0) is 18.6 Å². The Morgan fingerprint density at radius 2 is 2.03 bits per heavy atom. The lowest BCUT2D eigenvalue weighted by Gasteiger charge is -2.33. The fourth-order valence-corrected chi connectivity index (χ4v) is 7.11. The average Bonchev–Trinajstić information content (AvgIpc) is 2.99. The molecule has 0 aliphatic carbocycles. The second kappa shape index (κ2) is 10.1. The molecular formula is C23H33N2O5P. The van der Waals surface area contributed by atoms with Crippen LogP contribution in [0.2, 0.25) is 0 Å². The maximum atomic E-state index is 13.8. The normalized spacial score (nSPS) is 29.8. The van der Waals surface area contributed by atoms with Crippen LogP contribution in [0.1, 0.15) is 58.6 Å².